The Morgan fingerprint density at radius 3 is 2.43 bits per heavy atom. The van der Waals surface area contributed by atoms with Crippen molar-refractivity contribution in [2.45, 2.75) is 19.5 Å². The molecule has 1 aliphatic rings. The van der Waals surface area contributed by atoms with Crippen LogP contribution in [0, 0.1) is 11.3 Å². The van der Waals surface area contributed by atoms with Gasteiger partial charge in [-0.3, -0.25) is 24.2 Å². The van der Waals surface area contributed by atoms with E-state index >= 15 is 0 Å². The molecule has 0 bridgehead atoms. The smallest absolute Gasteiger partial charge is 0.261 e. The van der Waals surface area contributed by atoms with Crippen LogP contribution in [0.5, 0.6) is 5.75 Å². The highest BCUT2D eigenvalue weighted by atomic mass is 16.5. The van der Waals surface area contributed by atoms with Crippen LogP contribution in [0.2, 0.25) is 0 Å². The Labute approximate surface area is 214 Å². The molecule has 182 valence electrons. The molecular weight excluding hydrogens is 466 g/mol. The van der Waals surface area contributed by atoms with Crippen LogP contribution in [0.1, 0.15) is 33.6 Å². The van der Waals surface area contributed by atoms with Crippen molar-refractivity contribution in [1.29, 1.82) is 5.26 Å². The summed E-state index contributed by atoms with van der Waals surface area (Å²) in [6.07, 6.45) is 5.53. The Balaban J connectivity index is 1.62. The van der Waals surface area contributed by atoms with Crippen molar-refractivity contribution < 1.29 is 14.3 Å². The molecule has 0 atom stereocenters. The molecule has 8 nitrogen and oxygen atoms in total. The maximum atomic E-state index is 13.7. The summed E-state index contributed by atoms with van der Waals surface area (Å²) in [6.45, 7) is 0.481. The van der Waals surface area contributed by atoms with E-state index in [1.165, 1.54) is 4.90 Å². The molecule has 1 aliphatic heterocycles. The molecule has 0 radical (unpaired) electrons. The van der Waals surface area contributed by atoms with Crippen LogP contribution in [-0.2, 0) is 17.9 Å². The Morgan fingerprint density at radius 1 is 0.973 bits per heavy atom. The number of ether oxygens (including phenoxy) is 1. The topological polar surface area (TPSA) is 101 Å². The predicted molar refractivity (Wildman–Crippen MR) is 138 cm³/mol. The molecule has 3 heterocycles. The molecule has 0 saturated heterocycles. The highest BCUT2D eigenvalue weighted by Gasteiger charge is 2.35. The highest BCUT2D eigenvalue weighted by Crippen LogP contribution is 2.33. The molecule has 0 N–H and O–H groups in total. The number of benzene rings is 2. The summed E-state index contributed by atoms with van der Waals surface area (Å²) in [5, 5.41) is 13.8. The van der Waals surface area contributed by atoms with Crippen LogP contribution in [0.25, 0.3) is 22.9 Å². The normalized spacial score (nSPS) is 13.9. The quantitative estimate of drug-likeness (QED) is 0.278. The van der Waals surface area contributed by atoms with Gasteiger partial charge in [0.25, 0.3) is 11.8 Å². The summed E-state index contributed by atoms with van der Waals surface area (Å²) in [5.41, 5.74) is 4.22. The zero-order valence-electron chi connectivity index (χ0n) is 20.2. The molecule has 0 saturated carbocycles. The number of amides is 2. The van der Waals surface area contributed by atoms with Crippen molar-refractivity contribution in [3.8, 4) is 23.1 Å². The van der Waals surface area contributed by atoms with Crippen molar-refractivity contribution in [3.05, 3.63) is 102 Å². The van der Waals surface area contributed by atoms with Crippen molar-refractivity contribution >= 4 is 23.5 Å². The SMILES string of the molecule is COc1ccc(-c2nn(CCC#N)cc2/C=C2\C(=O)N(Cc3ccccn3)C(=O)c3ccccc32)cc1. The van der Waals surface area contributed by atoms with Gasteiger partial charge in [-0.25, -0.2) is 0 Å². The fraction of sp³-hybridized carbons (Fsp3) is 0.138. The van der Waals surface area contributed by atoms with Crippen LogP contribution >= 0.6 is 0 Å². The minimum atomic E-state index is -0.403. The van der Waals surface area contributed by atoms with E-state index in [0.29, 0.717) is 52.4 Å². The fourth-order valence-corrected chi connectivity index (χ4v) is 4.29. The van der Waals surface area contributed by atoms with Gasteiger partial charge in [0, 0.05) is 34.7 Å². The molecule has 2 amide bonds. The lowest BCUT2D eigenvalue weighted by Crippen LogP contribution is -2.41. The molecule has 4 aromatic rings. The Bertz CT molecular complexity index is 1530. The van der Waals surface area contributed by atoms with E-state index in [2.05, 4.69) is 11.1 Å². The molecule has 0 unspecified atom stereocenters. The van der Waals surface area contributed by atoms with E-state index in [-0.39, 0.29) is 12.5 Å². The fourth-order valence-electron chi connectivity index (χ4n) is 4.29. The first kappa shape index (κ1) is 23.7. The summed E-state index contributed by atoms with van der Waals surface area (Å²) in [7, 11) is 1.60. The summed E-state index contributed by atoms with van der Waals surface area (Å²) in [4.78, 5) is 32.5. The maximum Gasteiger partial charge on any atom is 0.261 e. The van der Waals surface area contributed by atoms with E-state index in [1.54, 1.807) is 54.4 Å². The van der Waals surface area contributed by atoms with E-state index in [9.17, 15) is 9.59 Å². The van der Waals surface area contributed by atoms with E-state index in [0.717, 1.165) is 5.56 Å². The summed E-state index contributed by atoms with van der Waals surface area (Å²) < 4.78 is 6.98. The number of methoxy groups -OCH3 is 1. The number of hydrogen-bond donors (Lipinski definition) is 0. The molecular formula is C29H23N5O3. The first-order valence-electron chi connectivity index (χ1n) is 11.7. The third-order valence-electron chi connectivity index (χ3n) is 6.12. The summed E-state index contributed by atoms with van der Waals surface area (Å²) in [6, 6.07) is 22.1. The third kappa shape index (κ3) is 4.75. The van der Waals surface area contributed by atoms with Crippen LogP contribution in [0.15, 0.2) is 79.1 Å². The second-order valence-corrected chi connectivity index (χ2v) is 8.45. The van der Waals surface area contributed by atoms with Gasteiger partial charge in [-0.1, -0.05) is 24.3 Å². The number of carbonyl (C=O) groups is 2. The van der Waals surface area contributed by atoms with Gasteiger partial charge in [0.05, 0.1) is 44.1 Å². The number of aryl methyl sites for hydroxylation is 1. The van der Waals surface area contributed by atoms with Gasteiger partial charge in [0.1, 0.15) is 5.75 Å². The lowest BCUT2D eigenvalue weighted by molar-refractivity contribution is -0.123. The number of carbonyl (C=O) groups excluding carboxylic acids is 2. The Hall–Kier alpha value is -5.03. The number of rotatable bonds is 7. The minimum Gasteiger partial charge on any atom is -0.497 e. The molecule has 2 aromatic carbocycles. The average Bonchev–Trinajstić information content (AvgIpc) is 3.35. The summed E-state index contributed by atoms with van der Waals surface area (Å²) >= 11 is 0. The zero-order valence-corrected chi connectivity index (χ0v) is 20.2. The standard InChI is InChI=1S/C29H23N5O3/c1-37-23-12-10-20(11-13-23)27-21(18-33(32-27)16-6-14-30)17-26-24-8-2-3-9-25(24)28(35)34(29(26)36)19-22-7-4-5-15-31-22/h2-5,7-13,15,17-18H,6,16,19H2,1H3/b26-17-. The number of imide groups is 1. The molecule has 0 spiro atoms. The van der Waals surface area contributed by atoms with Gasteiger partial charge in [0.2, 0.25) is 0 Å². The van der Waals surface area contributed by atoms with E-state index in [1.807, 2.05) is 42.6 Å². The molecule has 0 aliphatic carbocycles. The molecule has 37 heavy (non-hydrogen) atoms. The van der Waals surface area contributed by atoms with Gasteiger partial charge in [0.15, 0.2) is 0 Å². The second-order valence-electron chi connectivity index (χ2n) is 8.45. The number of fused-ring (bicyclic) bond motifs is 1. The Kier molecular flexibility index (Phi) is 6.60. The lowest BCUT2D eigenvalue weighted by Gasteiger charge is -2.28. The Morgan fingerprint density at radius 2 is 1.73 bits per heavy atom. The first-order chi connectivity index (χ1) is 18.1. The van der Waals surface area contributed by atoms with Gasteiger partial charge < -0.3 is 4.74 Å². The van der Waals surface area contributed by atoms with Crippen molar-refractivity contribution in [3.63, 3.8) is 0 Å². The number of hydrogen-bond acceptors (Lipinski definition) is 6. The van der Waals surface area contributed by atoms with Gasteiger partial charge in [-0.15, -0.1) is 0 Å². The van der Waals surface area contributed by atoms with Crippen LogP contribution < -0.4 is 4.74 Å². The molecule has 2 aromatic heterocycles. The number of pyridine rings is 1. The molecule has 8 heteroatoms. The monoisotopic (exact) mass is 489 g/mol. The largest absolute Gasteiger partial charge is 0.497 e. The molecule has 5 rings (SSSR count). The lowest BCUT2D eigenvalue weighted by atomic mass is 9.91. The van der Waals surface area contributed by atoms with Crippen molar-refractivity contribution in [2.24, 2.45) is 0 Å². The second kappa shape index (κ2) is 10.3. The van der Waals surface area contributed by atoms with Crippen molar-refractivity contribution in [1.82, 2.24) is 19.7 Å². The van der Waals surface area contributed by atoms with E-state index in [4.69, 9.17) is 15.1 Å². The first-order valence-corrected chi connectivity index (χ1v) is 11.7. The van der Waals surface area contributed by atoms with Gasteiger partial charge >= 0.3 is 0 Å². The third-order valence-corrected chi connectivity index (χ3v) is 6.12. The predicted octanol–water partition coefficient (Wildman–Crippen LogP) is 4.59. The number of aromatic nitrogens is 3. The summed E-state index contributed by atoms with van der Waals surface area (Å²) in [5.74, 6) is -0.0454. The van der Waals surface area contributed by atoms with Crippen molar-refractivity contribution in [2.75, 3.05) is 7.11 Å². The minimum absolute atomic E-state index is 0.0664. The van der Waals surface area contributed by atoms with Crippen LogP contribution in [-0.4, -0.2) is 38.6 Å². The van der Waals surface area contributed by atoms with Crippen LogP contribution in [0.4, 0.5) is 0 Å². The van der Waals surface area contributed by atoms with E-state index < -0.39 is 5.91 Å². The van der Waals surface area contributed by atoms with Crippen LogP contribution in [0.3, 0.4) is 0 Å². The maximum absolute atomic E-state index is 13.7. The zero-order chi connectivity index (χ0) is 25.8. The van der Waals surface area contributed by atoms with Gasteiger partial charge in [-0.05, 0) is 54.1 Å². The number of nitriles is 1. The number of nitrogens with zero attached hydrogens (tertiary/aromatic N) is 5. The van der Waals surface area contributed by atoms with Gasteiger partial charge in [-0.2, -0.15) is 10.4 Å². The average molecular weight is 490 g/mol. The highest BCUT2D eigenvalue weighted by molar-refractivity contribution is 6.33. The molecule has 0 fully saturated rings.